The summed E-state index contributed by atoms with van der Waals surface area (Å²) in [7, 11) is 3.83. The van der Waals surface area contributed by atoms with E-state index in [1.54, 1.807) is 11.1 Å². The lowest BCUT2D eigenvalue weighted by atomic mass is 10.0. The van der Waals surface area contributed by atoms with E-state index in [9.17, 15) is 9.18 Å². The van der Waals surface area contributed by atoms with E-state index in [0.717, 1.165) is 22.3 Å². The quantitative estimate of drug-likeness (QED) is 0.843. The van der Waals surface area contributed by atoms with Gasteiger partial charge in [0.2, 0.25) is 0 Å². The Morgan fingerprint density at radius 1 is 1.55 bits per heavy atom. The van der Waals surface area contributed by atoms with Gasteiger partial charge in [-0.25, -0.2) is 14.2 Å². The molecule has 110 valence electrons. The van der Waals surface area contributed by atoms with Crippen LogP contribution in [0.2, 0.25) is 0 Å². The number of hydrogen-bond donors (Lipinski definition) is 0. The molecule has 0 saturated carbocycles. The largest absolute Gasteiger partial charge is 0.447 e. The van der Waals surface area contributed by atoms with Gasteiger partial charge in [0, 0.05) is 36.9 Å². The zero-order valence-electron chi connectivity index (χ0n) is 11.5. The van der Waals surface area contributed by atoms with E-state index < -0.39 is 12.8 Å². The Morgan fingerprint density at radius 2 is 2.30 bits per heavy atom. The van der Waals surface area contributed by atoms with Gasteiger partial charge in [-0.2, -0.15) is 0 Å². The molecule has 5 nitrogen and oxygen atoms in total. The molecule has 0 N–H and O–H groups in total. The summed E-state index contributed by atoms with van der Waals surface area (Å²) in [6.07, 6.45) is 2.04. The first-order valence-electron chi connectivity index (χ1n) is 6.35. The van der Waals surface area contributed by atoms with Crippen LogP contribution in [0.4, 0.5) is 15.0 Å². The van der Waals surface area contributed by atoms with Crippen molar-refractivity contribution >= 4 is 27.8 Å². The summed E-state index contributed by atoms with van der Waals surface area (Å²) in [5.74, 6) is 0.839. The number of halogens is 2. The summed E-state index contributed by atoms with van der Waals surface area (Å²) in [6, 6.07) is 0. The van der Waals surface area contributed by atoms with Gasteiger partial charge >= 0.3 is 6.09 Å². The molecule has 0 radical (unpaired) electrons. The highest BCUT2D eigenvalue weighted by atomic mass is 79.9. The highest BCUT2D eigenvalue weighted by Gasteiger charge is 2.26. The summed E-state index contributed by atoms with van der Waals surface area (Å²) < 4.78 is 17.9. The fraction of sp³-hybridized carbons (Fsp3) is 0.538. The van der Waals surface area contributed by atoms with Crippen molar-refractivity contribution in [2.45, 2.75) is 13.0 Å². The number of hydrogen-bond acceptors (Lipinski definition) is 4. The number of carbonyl (C=O) groups excluding carboxylic acids is 1. The van der Waals surface area contributed by atoms with Gasteiger partial charge in [0.05, 0.1) is 6.54 Å². The zero-order valence-corrected chi connectivity index (χ0v) is 13.1. The lowest BCUT2D eigenvalue weighted by Crippen LogP contribution is -2.37. The molecule has 0 aromatic carbocycles. The van der Waals surface area contributed by atoms with Crippen LogP contribution in [0.1, 0.15) is 11.1 Å². The third kappa shape index (κ3) is 3.03. The third-order valence-corrected chi connectivity index (χ3v) is 3.87. The molecule has 7 heteroatoms. The van der Waals surface area contributed by atoms with Crippen LogP contribution in [0.3, 0.4) is 0 Å². The smallest absolute Gasteiger partial charge is 0.410 e. The zero-order chi connectivity index (χ0) is 14.7. The Hall–Kier alpha value is -1.37. The molecule has 1 amide bonds. The summed E-state index contributed by atoms with van der Waals surface area (Å²) in [4.78, 5) is 19.7. The number of ether oxygens (including phenoxy) is 1. The molecule has 1 aromatic rings. The van der Waals surface area contributed by atoms with Crippen molar-refractivity contribution in [2.75, 3.05) is 38.8 Å². The predicted molar refractivity (Wildman–Crippen MR) is 77.7 cm³/mol. The van der Waals surface area contributed by atoms with Crippen LogP contribution in [-0.4, -0.2) is 49.9 Å². The minimum Gasteiger partial charge on any atom is -0.447 e. The molecule has 1 aliphatic rings. The third-order valence-electron chi connectivity index (χ3n) is 3.19. The van der Waals surface area contributed by atoms with E-state index in [2.05, 4.69) is 20.9 Å². The van der Waals surface area contributed by atoms with E-state index in [0.29, 0.717) is 13.1 Å². The van der Waals surface area contributed by atoms with Gasteiger partial charge in [-0.1, -0.05) is 0 Å². The Labute approximate surface area is 125 Å². The maximum Gasteiger partial charge on any atom is 0.410 e. The van der Waals surface area contributed by atoms with Gasteiger partial charge in [0.15, 0.2) is 0 Å². The van der Waals surface area contributed by atoms with Gasteiger partial charge < -0.3 is 14.5 Å². The number of nitrogens with zero attached hydrogens (tertiary/aromatic N) is 3. The van der Waals surface area contributed by atoms with E-state index in [1.807, 2.05) is 19.0 Å². The van der Waals surface area contributed by atoms with Crippen LogP contribution >= 0.6 is 15.9 Å². The van der Waals surface area contributed by atoms with Crippen molar-refractivity contribution in [2.24, 2.45) is 0 Å². The van der Waals surface area contributed by atoms with Crippen molar-refractivity contribution in [3.63, 3.8) is 0 Å². The monoisotopic (exact) mass is 345 g/mol. The second kappa shape index (κ2) is 6.39. The Morgan fingerprint density at radius 3 is 2.95 bits per heavy atom. The van der Waals surface area contributed by atoms with Gasteiger partial charge in [-0.3, -0.25) is 0 Å². The SMILES string of the molecule is CN(C)c1ncc(Br)c2c1CN(C(=O)OCCF)CC2. The summed E-state index contributed by atoms with van der Waals surface area (Å²) in [5, 5.41) is 0. The van der Waals surface area contributed by atoms with Crippen molar-refractivity contribution in [1.29, 1.82) is 0 Å². The predicted octanol–water partition coefficient (Wildman–Crippen LogP) is 2.37. The number of alkyl halides is 1. The second-order valence-electron chi connectivity index (χ2n) is 4.76. The molecular formula is C13H17BrFN3O2. The highest BCUT2D eigenvalue weighted by Crippen LogP contribution is 2.31. The topological polar surface area (TPSA) is 45.7 Å². The van der Waals surface area contributed by atoms with Crippen LogP contribution in [-0.2, 0) is 17.7 Å². The molecule has 0 saturated heterocycles. The first-order chi connectivity index (χ1) is 9.54. The Bertz CT molecular complexity index is 511. The van der Waals surface area contributed by atoms with Gasteiger partial charge in [0.1, 0.15) is 19.1 Å². The molecule has 2 rings (SSSR count). The van der Waals surface area contributed by atoms with E-state index in [-0.39, 0.29) is 6.61 Å². The number of anilines is 1. The van der Waals surface area contributed by atoms with Crippen LogP contribution in [0.5, 0.6) is 0 Å². The molecule has 0 fully saturated rings. The molecule has 0 atom stereocenters. The van der Waals surface area contributed by atoms with Crippen LogP contribution < -0.4 is 4.90 Å². The number of pyridine rings is 1. The van der Waals surface area contributed by atoms with E-state index in [4.69, 9.17) is 4.74 Å². The number of carbonyl (C=O) groups is 1. The van der Waals surface area contributed by atoms with Crippen molar-refractivity contribution in [3.8, 4) is 0 Å². The maximum atomic E-state index is 12.1. The Kier molecular flexibility index (Phi) is 4.80. The molecule has 20 heavy (non-hydrogen) atoms. The van der Waals surface area contributed by atoms with E-state index in [1.165, 1.54) is 5.56 Å². The number of amides is 1. The average molecular weight is 346 g/mol. The molecule has 2 heterocycles. The summed E-state index contributed by atoms with van der Waals surface area (Å²) in [5.41, 5.74) is 2.17. The lowest BCUT2D eigenvalue weighted by molar-refractivity contribution is 0.0921. The molecule has 1 aliphatic heterocycles. The molecule has 0 aliphatic carbocycles. The first-order valence-corrected chi connectivity index (χ1v) is 7.15. The van der Waals surface area contributed by atoms with Gasteiger partial charge in [0.25, 0.3) is 0 Å². The number of aromatic nitrogens is 1. The standard InChI is InChI=1S/C13H17BrFN3O2/c1-17(2)12-10-8-18(13(19)20-6-4-15)5-3-9(10)11(14)7-16-12/h7H,3-6,8H2,1-2H3. The fourth-order valence-electron chi connectivity index (χ4n) is 2.26. The average Bonchev–Trinajstić information content (AvgIpc) is 2.44. The maximum absolute atomic E-state index is 12.1. The first kappa shape index (κ1) is 15.0. The minimum atomic E-state index is -0.660. The molecule has 1 aromatic heterocycles. The fourth-order valence-corrected chi connectivity index (χ4v) is 2.80. The van der Waals surface area contributed by atoms with Crippen LogP contribution in [0, 0.1) is 0 Å². The van der Waals surface area contributed by atoms with Gasteiger partial charge in [-0.15, -0.1) is 0 Å². The summed E-state index contributed by atoms with van der Waals surface area (Å²) >= 11 is 3.50. The van der Waals surface area contributed by atoms with Crippen molar-refractivity contribution in [3.05, 3.63) is 21.8 Å². The van der Waals surface area contributed by atoms with Crippen LogP contribution in [0.25, 0.3) is 0 Å². The number of fused-ring (bicyclic) bond motifs is 1. The second-order valence-corrected chi connectivity index (χ2v) is 5.61. The number of rotatable bonds is 3. The molecule has 0 unspecified atom stereocenters. The van der Waals surface area contributed by atoms with Crippen molar-refractivity contribution < 1.29 is 13.9 Å². The van der Waals surface area contributed by atoms with Crippen LogP contribution in [0.15, 0.2) is 10.7 Å². The van der Waals surface area contributed by atoms with Gasteiger partial charge in [-0.05, 0) is 27.9 Å². The normalized spacial score (nSPS) is 13.9. The molecule has 0 spiro atoms. The molecular weight excluding hydrogens is 329 g/mol. The van der Waals surface area contributed by atoms with E-state index >= 15 is 0 Å². The molecule has 0 bridgehead atoms. The highest BCUT2D eigenvalue weighted by molar-refractivity contribution is 9.10. The Balaban J connectivity index is 2.24. The van der Waals surface area contributed by atoms with Crippen molar-refractivity contribution in [1.82, 2.24) is 9.88 Å². The summed E-state index contributed by atoms with van der Waals surface area (Å²) in [6.45, 7) is 0.139. The lowest BCUT2D eigenvalue weighted by Gasteiger charge is -2.31. The minimum absolute atomic E-state index is 0.195.